The van der Waals surface area contributed by atoms with Crippen LogP contribution in [0.1, 0.15) is 12.5 Å². The number of alkyl halides is 6. The molecule has 2 atom stereocenters. The van der Waals surface area contributed by atoms with E-state index in [-0.39, 0.29) is 33.9 Å². The highest BCUT2D eigenvalue weighted by Crippen LogP contribution is 2.44. The van der Waals surface area contributed by atoms with Crippen molar-refractivity contribution in [3.05, 3.63) is 115 Å². The molecule has 0 aliphatic heterocycles. The lowest BCUT2D eigenvalue weighted by Gasteiger charge is -2.32. The van der Waals surface area contributed by atoms with Gasteiger partial charge in [0.2, 0.25) is 0 Å². The summed E-state index contributed by atoms with van der Waals surface area (Å²) in [5, 5.41) is 0.896. The van der Waals surface area contributed by atoms with E-state index in [4.69, 9.17) is 14.2 Å². The van der Waals surface area contributed by atoms with Crippen molar-refractivity contribution in [1.29, 1.82) is 0 Å². The third-order valence-corrected chi connectivity index (χ3v) is 8.56. The van der Waals surface area contributed by atoms with E-state index in [1.54, 1.807) is 54.6 Å². The zero-order chi connectivity index (χ0) is 38.2. The number of fused-ring (bicyclic) bond motifs is 2. The Morgan fingerprint density at radius 2 is 0.981 bits per heavy atom. The quantitative estimate of drug-likeness (QED) is 0.0822. The van der Waals surface area contributed by atoms with Crippen molar-refractivity contribution < 1.29 is 54.9 Å². The van der Waals surface area contributed by atoms with Crippen molar-refractivity contribution >= 4 is 33.7 Å². The number of nitrogens with zero attached hydrogens (tertiary/aromatic N) is 3. The highest BCUT2D eigenvalue weighted by atomic mass is 19.4. The van der Waals surface area contributed by atoms with Crippen LogP contribution in [-0.2, 0) is 24.7 Å². The van der Waals surface area contributed by atoms with E-state index in [1.165, 1.54) is 42.5 Å². The molecule has 15 heteroatoms. The number of pyridine rings is 3. The Morgan fingerprint density at radius 3 is 1.43 bits per heavy atom. The standard InChI is InChI=1S/C38H27F6N3O6/c1-35(50-2,37(39,40)41)33(48)52-29-16-7-10-22-18-20-27(46-31(22)29)25-14-9-15-26(45-25)28-21-19-23-11-8-17-30(32(23)47-28)53-34(49)36(51-3,38(42,43)44)24-12-5-4-6-13-24/h4-21H,1-3H3. The fraction of sp³-hybridized carbons (Fsp3) is 0.184. The Hall–Kier alpha value is -5.93. The second-order valence-electron chi connectivity index (χ2n) is 11.7. The number of benzene rings is 3. The van der Waals surface area contributed by atoms with Crippen LogP contribution in [0.5, 0.6) is 11.5 Å². The minimum atomic E-state index is -5.19. The monoisotopic (exact) mass is 735 g/mol. The van der Waals surface area contributed by atoms with Crippen LogP contribution in [0.4, 0.5) is 26.3 Å². The highest BCUT2D eigenvalue weighted by molar-refractivity contribution is 5.92. The van der Waals surface area contributed by atoms with Crippen LogP contribution in [0.15, 0.2) is 109 Å². The number of rotatable bonds is 9. The maximum Gasteiger partial charge on any atom is 0.432 e. The molecule has 0 aliphatic rings. The second-order valence-corrected chi connectivity index (χ2v) is 11.7. The second kappa shape index (κ2) is 13.9. The van der Waals surface area contributed by atoms with Gasteiger partial charge in [-0.1, -0.05) is 72.8 Å². The molecular weight excluding hydrogens is 708 g/mol. The van der Waals surface area contributed by atoms with Crippen LogP contribution in [-0.4, -0.2) is 59.1 Å². The molecule has 3 aromatic heterocycles. The number of aromatic nitrogens is 3. The fourth-order valence-corrected chi connectivity index (χ4v) is 5.48. The van der Waals surface area contributed by atoms with E-state index in [9.17, 15) is 35.9 Å². The zero-order valence-corrected chi connectivity index (χ0v) is 28.0. The van der Waals surface area contributed by atoms with Gasteiger partial charge < -0.3 is 18.9 Å². The van der Waals surface area contributed by atoms with Gasteiger partial charge in [-0.25, -0.2) is 24.5 Å². The molecule has 0 fully saturated rings. The summed E-state index contributed by atoms with van der Waals surface area (Å²) in [6.45, 7) is 0.558. The van der Waals surface area contributed by atoms with E-state index in [0.29, 0.717) is 29.1 Å². The summed E-state index contributed by atoms with van der Waals surface area (Å²) in [4.78, 5) is 39.8. The van der Waals surface area contributed by atoms with Crippen molar-refractivity contribution in [2.24, 2.45) is 0 Å². The molecule has 6 rings (SSSR count). The minimum Gasteiger partial charge on any atom is -0.422 e. The molecule has 0 bridgehead atoms. The van der Waals surface area contributed by atoms with Crippen LogP contribution in [0, 0.1) is 0 Å². The average Bonchev–Trinajstić information content (AvgIpc) is 3.14. The third kappa shape index (κ3) is 6.64. The smallest absolute Gasteiger partial charge is 0.422 e. The fourth-order valence-electron chi connectivity index (χ4n) is 5.48. The lowest BCUT2D eigenvalue weighted by atomic mass is 9.92. The number of carbonyl (C=O) groups excluding carboxylic acids is 2. The molecule has 0 saturated carbocycles. The maximum absolute atomic E-state index is 14.5. The van der Waals surface area contributed by atoms with Crippen molar-refractivity contribution in [2.75, 3.05) is 14.2 Å². The number of carbonyl (C=O) groups is 2. The van der Waals surface area contributed by atoms with Gasteiger partial charge in [-0.05, 0) is 43.3 Å². The normalized spacial score (nSPS) is 14.4. The molecule has 9 nitrogen and oxygen atoms in total. The van der Waals surface area contributed by atoms with Crippen LogP contribution in [0.2, 0.25) is 0 Å². The molecule has 272 valence electrons. The van der Waals surface area contributed by atoms with Gasteiger partial charge in [0.1, 0.15) is 11.0 Å². The summed E-state index contributed by atoms with van der Waals surface area (Å²) in [5.41, 5.74) is -5.92. The molecule has 6 aromatic rings. The molecule has 0 saturated heterocycles. The van der Waals surface area contributed by atoms with Crippen LogP contribution >= 0.6 is 0 Å². The van der Waals surface area contributed by atoms with Gasteiger partial charge in [-0.15, -0.1) is 0 Å². The molecule has 2 unspecified atom stereocenters. The van der Waals surface area contributed by atoms with Crippen LogP contribution < -0.4 is 9.47 Å². The first-order chi connectivity index (χ1) is 25.1. The van der Waals surface area contributed by atoms with Gasteiger partial charge in [0.25, 0.3) is 11.2 Å². The Balaban J connectivity index is 1.35. The molecule has 3 aromatic carbocycles. The van der Waals surface area contributed by atoms with E-state index < -0.39 is 41.1 Å². The molecule has 0 amide bonds. The number of hydrogen-bond donors (Lipinski definition) is 0. The van der Waals surface area contributed by atoms with Crippen molar-refractivity contribution in [2.45, 2.75) is 30.5 Å². The van der Waals surface area contributed by atoms with Crippen molar-refractivity contribution in [3.8, 4) is 34.3 Å². The predicted octanol–water partition coefficient (Wildman–Crippen LogP) is 8.39. The van der Waals surface area contributed by atoms with Gasteiger partial charge in [0, 0.05) is 30.6 Å². The predicted molar refractivity (Wildman–Crippen MR) is 180 cm³/mol. The lowest BCUT2D eigenvalue weighted by Crippen LogP contribution is -2.53. The number of esters is 2. The summed E-state index contributed by atoms with van der Waals surface area (Å²) in [6.07, 6.45) is -10.3. The van der Waals surface area contributed by atoms with E-state index >= 15 is 0 Å². The van der Waals surface area contributed by atoms with Gasteiger partial charge in [0.15, 0.2) is 11.5 Å². The molecule has 0 aliphatic carbocycles. The minimum absolute atomic E-state index is 0.0583. The van der Waals surface area contributed by atoms with Crippen LogP contribution in [0.25, 0.3) is 44.6 Å². The molecule has 0 spiro atoms. The highest BCUT2D eigenvalue weighted by Gasteiger charge is 2.64. The van der Waals surface area contributed by atoms with Crippen molar-refractivity contribution in [3.63, 3.8) is 0 Å². The van der Waals surface area contributed by atoms with Crippen molar-refractivity contribution in [1.82, 2.24) is 15.0 Å². The lowest BCUT2D eigenvalue weighted by molar-refractivity contribution is -0.272. The first kappa shape index (κ1) is 36.8. The Bertz CT molecular complexity index is 2340. The zero-order valence-electron chi connectivity index (χ0n) is 28.0. The summed E-state index contributed by atoms with van der Waals surface area (Å²) < 4.78 is 104. The number of para-hydroxylation sites is 2. The summed E-state index contributed by atoms with van der Waals surface area (Å²) in [6, 6.07) is 26.5. The summed E-state index contributed by atoms with van der Waals surface area (Å²) in [5.74, 6) is -3.92. The first-order valence-corrected chi connectivity index (χ1v) is 15.6. The first-order valence-electron chi connectivity index (χ1n) is 15.6. The Kier molecular flexibility index (Phi) is 9.66. The third-order valence-electron chi connectivity index (χ3n) is 8.56. The topological polar surface area (TPSA) is 110 Å². The van der Waals surface area contributed by atoms with E-state index in [0.717, 1.165) is 26.4 Å². The van der Waals surface area contributed by atoms with Crippen LogP contribution in [0.3, 0.4) is 0 Å². The van der Waals surface area contributed by atoms with Gasteiger partial charge >= 0.3 is 24.3 Å². The van der Waals surface area contributed by atoms with E-state index in [2.05, 4.69) is 19.7 Å². The van der Waals surface area contributed by atoms with Gasteiger partial charge in [-0.2, -0.15) is 26.3 Å². The van der Waals surface area contributed by atoms with E-state index in [1.807, 2.05) is 0 Å². The van der Waals surface area contributed by atoms with Gasteiger partial charge in [0.05, 0.1) is 22.8 Å². The molecule has 0 radical (unpaired) electrons. The Morgan fingerprint density at radius 1 is 0.509 bits per heavy atom. The molecular formula is C38H27F6N3O6. The number of methoxy groups -OCH3 is 2. The summed E-state index contributed by atoms with van der Waals surface area (Å²) in [7, 11) is 1.51. The number of ether oxygens (including phenoxy) is 4. The summed E-state index contributed by atoms with van der Waals surface area (Å²) >= 11 is 0. The number of halogens is 6. The Labute approximate surface area is 297 Å². The molecule has 53 heavy (non-hydrogen) atoms. The molecule has 3 heterocycles. The maximum atomic E-state index is 14.5. The SMILES string of the molecule is COC(C)(C(=O)Oc1cccc2ccc(-c3cccc(-c4ccc5cccc(OC(=O)C(OC)(c6ccccc6)C(F)(F)F)c5n4)n3)nc12)C(F)(F)F. The van der Waals surface area contributed by atoms with Gasteiger partial charge in [-0.3, -0.25) is 0 Å². The largest absolute Gasteiger partial charge is 0.432 e. The molecule has 0 N–H and O–H groups in total. The number of hydrogen-bond acceptors (Lipinski definition) is 9. The average molecular weight is 736 g/mol.